The second kappa shape index (κ2) is 6.15. The molecule has 2 rings (SSSR count). The van der Waals surface area contributed by atoms with Crippen molar-refractivity contribution in [3.8, 4) is 0 Å². The molecule has 19 heavy (non-hydrogen) atoms. The van der Waals surface area contributed by atoms with Crippen molar-refractivity contribution in [2.45, 2.75) is 64.1 Å². The number of likely N-dealkylation sites (tertiary alicyclic amines) is 1. The Kier molecular flexibility index (Phi) is 4.76. The van der Waals surface area contributed by atoms with Crippen molar-refractivity contribution >= 4 is 5.91 Å². The largest absolute Gasteiger partial charge is 0.372 e. The van der Waals surface area contributed by atoms with Crippen molar-refractivity contribution in [1.29, 1.82) is 0 Å². The van der Waals surface area contributed by atoms with Crippen molar-refractivity contribution in [2.75, 3.05) is 13.1 Å². The Labute approximate surface area is 113 Å². The summed E-state index contributed by atoms with van der Waals surface area (Å²) in [4.78, 5) is 13.8. The van der Waals surface area contributed by atoms with Crippen LogP contribution < -0.4 is 10.9 Å². The van der Waals surface area contributed by atoms with Crippen molar-refractivity contribution < 1.29 is 13.9 Å². The number of amides is 1. The first kappa shape index (κ1) is 14.7. The van der Waals surface area contributed by atoms with Gasteiger partial charge in [-0.25, -0.2) is 9.82 Å². The average molecular weight is 273 g/mol. The van der Waals surface area contributed by atoms with Gasteiger partial charge in [0.05, 0.1) is 18.8 Å². The number of piperidine rings is 1. The van der Waals surface area contributed by atoms with E-state index in [4.69, 9.17) is 4.74 Å². The highest BCUT2D eigenvalue weighted by Crippen LogP contribution is 2.20. The number of rotatable bonds is 3. The monoisotopic (exact) mass is 273 g/mol. The van der Waals surface area contributed by atoms with Crippen LogP contribution in [-0.2, 0) is 9.53 Å². The lowest BCUT2D eigenvalue weighted by Crippen LogP contribution is -2.53. The van der Waals surface area contributed by atoms with Gasteiger partial charge < -0.3 is 9.64 Å². The maximum absolute atomic E-state index is 14.0. The number of alkyl halides is 1. The summed E-state index contributed by atoms with van der Waals surface area (Å²) in [6.07, 6.45) is -0.129. The lowest BCUT2D eigenvalue weighted by atomic mass is 10.0. The maximum Gasteiger partial charge on any atom is 0.241 e. The Balaban J connectivity index is 1.85. The van der Waals surface area contributed by atoms with Crippen molar-refractivity contribution in [3.63, 3.8) is 0 Å². The number of carbonyl (C=O) groups is 1. The molecule has 2 N–H and O–H groups in total. The average Bonchev–Trinajstić information content (AvgIpc) is 2.77. The van der Waals surface area contributed by atoms with Crippen LogP contribution in [0.5, 0.6) is 0 Å². The minimum atomic E-state index is -1.09. The summed E-state index contributed by atoms with van der Waals surface area (Å²) in [6, 6.07) is 0.0432. The van der Waals surface area contributed by atoms with Gasteiger partial charge in [-0.2, -0.15) is 0 Å². The number of carbonyl (C=O) groups excluding carboxylic acids is 1. The molecule has 0 saturated carbocycles. The predicted octanol–water partition coefficient (Wildman–Crippen LogP) is 0.605. The summed E-state index contributed by atoms with van der Waals surface area (Å²) in [6.45, 7) is 6.53. The quantitative estimate of drug-likeness (QED) is 0.791. The van der Waals surface area contributed by atoms with E-state index in [9.17, 15) is 9.18 Å². The number of ether oxygens (including phenoxy) is 1. The highest BCUT2D eigenvalue weighted by atomic mass is 19.1. The third-order valence-electron chi connectivity index (χ3n) is 3.63. The van der Waals surface area contributed by atoms with Crippen LogP contribution in [0.2, 0.25) is 0 Å². The van der Waals surface area contributed by atoms with Gasteiger partial charge in [-0.15, -0.1) is 0 Å². The van der Waals surface area contributed by atoms with Crippen LogP contribution in [0, 0.1) is 0 Å². The molecular formula is C13H24FN3O2. The van der Waals surface area contributed by atoms with E-state index in [-0.39, 0.29) is 36.7 Å². The molecule has 5 nitrogen and oxygen atoms in total. The first-order valence-corrected chi connectivity index (χ1v) is 7.06. The fourth-order valence-electron chi connectivity index (χ4n) is 2.68. The smallest absolute Gasteiger partial charge is 0.241 e. The van der Waals surface area contributed by atoms with Crippen molar-refractivity contribution in [2.24, 2.45) is 0 Å². The molecule has 0 aromatic carbocycles. The van der Waals surface area contributed by atoms with E-state index in [1.54, 1.807) is 4.90 Å². The van der Waals surface area contributed by atoms with Gasteiger partial charge in [-0.05, 0) is 33.6 Å². The lowest BCUT2D eigenvalue weighted by Gasteiger charge is -2.36. The van der Waals surface area contributed by atoms with Gasteiger partial charge in [0, 0.05) is 12.6 Å². The molecule has 6 heteroatoms. The predicted molar refractivity (Wildman–Crippen MR) is 70.2 cm³/mol. The zero-order chi connectivity index (χ0) is 14.0. The molecule has 2 heterocycles. The zero-order valence-corrected chi connectivity index (χ0v) is 11.9. The summed E-state index contributed by atoms with van der Waals surface area (Å²) in [5.41, 5.74) is 5.99. The van der Waals surface area contributed by atoms with E-state index in [2.05, 4.69) is 10.9 Å². The maximum atomic E-state index is 14.0. The SMILES string of the molecule is CC1CC(C(=O)N2CC[C@H](OC(C)C)[C@H](F)C2)NN1. The topological polar surface area (TPSA) is 53.6 Å². The van der Waals surface area contributed by atoms with Crippen LogP contribution in [0.1, 0.15) is 33.6 Å². The van der Waals surface area contributed by atoms with Gasteiger partial charge in [0.15, 0.2) is 0 Å². The number of nitrogens with zero attached hydrogens (tertiary/aromatic N) is 1. The molecule has 0 aromatic rings. The second-order valence-electron chi connectivity index (χ2n) is 5.79. The van der Waals surface area contributed by atoms with Crippen LogP contribution in [0.25, 0.3) is 0 Å². The lowest BCUT2D eigenvalue weighted by molar-refractivity contribution is -0.140. The fourth-order valence-corrected chi connectivity index (χ4v) is 2.68. The van der Waals surface area contributed by atoms with E-state index >= 15 is 0 Å². The molecule has 0 aliphatic carbocycles. The molecule has 2 aliphatic heterocycles. The Morgan fingerprint density at radius 1 is 1.42 bits per heavy atom. The molecule has 1 amide bonds. The molecule has 110 valence electrons. The minimum absolute atomic E-state index is 0.0116. The van der Waals surface area contributed by atoms with E-state index < -0.39 is 6.17 Å². The van der Waals surface area contributed by atoms with Crippen molar-refractivity contribution in [1.82, 2.24) is 15.8 Å². The number of hydrazine groups is 1. The van der Waals surface area contributed by atoms with Crippen LogP contribution in [0.15, 0.2) is 0 Å². The first-order valence-electron chi connectivity index (χ1n) is 7.06. The van der Waals surface area contributed by atoms with Crippen molar-refractivity contribution in [3.05, 3.63) is 0 Å². The van der Waals surface area contributed by atoms with E-state index in [1.807, 2.05) is 20.8 Å². The van der Waals surface area contributed by atoms with Gasteiger partial charge in [0.2, 0.25) is 5.91 Å². The molecule has 2 aliphatic rings. The number of nitrogens with one attached hydrogen (secondary N) is 2. The van der Waals surface area contributed by atoms with Gasteiger partial charge >= 0.3 is 0 Å². The molecule has 0 aromatic heterocycles. The van der Waals surface area contributed by atoms with Crippen LogP contribution in [-0.4, -0.2) is 54.4 Å². The summed E-state index contributed by atoms with van der Waals surface area (Å²) in [7, 11) is 0. The van der Waals surface area contributed by atoms with Gasteiger partial charge in [-0.1, -0.05) is 0 Å². The van der Waals surface area contributed by atoms with E-state index in [0.29, 0.717) is 13.0 Å². The van der Waals surface area contributed by atoms with Gasteiger partial charge in [0.1, 0.15) is 12.2 Å². The first-order chi connectivity index (χ1) is 8.97. The van der Waals surface area contributed by atoms with E-state index in [0.717, 1.165) is 6.42 Å². The van der Waals surface area contributed by atoms with E-state index in [1.165, 1.54) is 0 Å². The summed E-state index contributed by atoms with van der Waals surface area (Å²) >= 11 is 0. The third-order valence-corrected chi connectivity index (χ3v) is 3.63. The molecule has 2 fully saturated rings. The molecule has 4 atom stereocenters. The van der Waals surface area contributed by atoms with Crippen LogP contribution in [0.3, 0.4) is 0 Å². The third kappa shape index (κ3) is 3.64. The van der Waals surface area contributed by atoms with Crippen LogP contribution in [0.4, 0.5) is 4.39 Å². The highest BCUT2D eigenvalue weighted by molar-refractivity contribution is 5.82. The molecule has 2 saturated heterocycles. The molecular weight excluding hydrogens is 249 g/mol. The summed E-state index contributed by atoms with van der Waals surface area (Å²) in [5, 5.41) is 0. The fraction of sp³-hybridized carbons (Fsp3) is 0.923. The summed E-state index contributed by atoms with van der Waals surface area (Å²) < 4.78 is 19.6. The summed E-state index contributed by atoms with van der Waals surface area (Å²) in [5.74, 6) is -0.0116. The molecule has 0 spiro atoms. The zero-order valence-electron chi connectivity index (χ0n) is 11.9. The standard InChI is InChI=1S/C13H24FN3O2/c1-8(2)19-12-4-5-17(7-10(12)14)13(18)11-6-9(3)15-16-11/h8-12,15-16H,4-7H2,1-3H3/t9?,10-,11?,12+/m1/s1. The Hall–Kier alpha value is -0.720. The minimum Gasteiger partial charge on any atom is -0.372 e. The van der Waals surface area contributed by atoms with Crippen LogP contribution >= 0.6 is 0 Å². The molecule has 0 radical (unpaired) electrons. The normalized spacial score (nSPS) is 35.9. The highest BCUT2D eigenvalue weighted by Gasteiger charge is 2.36. The molecule has 2 unspecified atom stereocenters. The van der Waals surface area contributed by atoms with Gasteiger partial charge in [0.25, 0.3) is 0 Å². The Bertz CT molecular complexity index is 327. The Morgan fingerprint density at radius 3 is 2.68 bits per heavy atom. The second-order valence-corrected chi connectivity index (χ2v) is 5.79. The Morgan fingerprint density at radius 2 is 2.16 bits per heavy atom. The van der Waals surface area contributed by atoms with Gasteiger partial charge in [-0.3, -0.25) is 10.2 Å². The number of hydrogen-bond acceptors (Lipinski definition) is 4. The number of hydrogen-bond donors (Lipinski definition) is 2. The number of halogens is 1. The molecule has 0 bridgehead atoms.